The van der Waals surface area contributed by atoms with Gasteiger partial charge in [-0.2, -0.15) is 5.10 Å². The number of anilines is 2. The normalized spacial score (nSPS) is 10.8. The number of hydrogen-bond acceptors (Lipinski definition) is 4. The molecule has 2 aromatic rings. The predicted molar refractivity (Wildman–Crippen MR) is 78.4 cm³/mol. The molecule has 0 amide bonds. The second kappa shape index (κ2) is 5.73. The average molecular weight is 308 g/mol. The van der Waals surface area contributed by atoms with Crippen molar-refractivity contribution < 1.29 is 4.42 Å². The van der Waals surface area contributed by atoms with Gasteiger partial charge in [-0.3, -0.25) is 5.43 Å². The molecule has 1 aromatic carbocycles. The highest BCUT2D eigenvalue weighted by Crippen LogP contribution is 2.27. The van der Waals surface area contributed by atoms with Gasteiger partial charge in [0.15, 0.2) is 5.76 Å². The highest BCUT2D eigenvalue weighted by molar-refractivity contribution is 9.10. The van der Waals surface area contributed by atoms with E-state index in [0.29, 0.717) is 5.76 Å². The minimum Gasteiger partial charge on any atom is -0.438 e. The maximum atomic E-state index is 5.60. The van der Waals surface area contributed by atoms with E-state index in [1.165, 1.54) is 0 Å². The lowest BCUT2D eigenvalue weighted by atomic mass is 10.3. The first-order chi connectivity index (χ1) is 8.66. The number of hydrogen-bond donors (Lipinski definition) is 1. The first kappa shape index (κ1) is 12.7. The van der Waals surface area contributed by atoms with Crippen molar-refractivity contribution in [2.24, 2.45) is 5.10 Å². The molecule has 0 fully saturated rings. The van der Waals surface area contributed by atoms with Crippen LogP contribution in [0.3, 0.4) is 0 Å². The molecular formula is C13H14BrN3O. The summed E-state index contributed by atoms with van der Waals surface area (Å²) in [6, 6.07) is 11.6. The molecule has 4 nitrogen and oxygen atoms in total. The lowest BCUT2D eigenvalue weighted by Crippen LogP contribution is -2.07. The fourth-order valence-corrected chi connectivity index (χ4v) is 2.09. The van der Waals surface area contributed by atoms with Crippen molar-refractivity contribution >= 4 is 33.7 Å². The van der Waals surface area contributed by atoms with E-state index < -0.39 is 0 Å². The number of para-hydroxylation sites is 1. The standard InChI is InChI=1S/C13H14BrN3O/c1-17(2)13-12(14)8-11(18-13)9-15-16-10-6-4-3-5-7-10/h3-9,16H,1-2H3/b15-9-. The molecule has 0 atom stereocenters. The largest absolute Gasteiger partial charge is 0.438 e. The van der Waals surface area contributed by atoms with Crippen molar-refractivity contribution in [3.05, 3.63) is 46.6 Å². The summed E-state index contributed by atoms with van der Waals surface area (Å²) < 4.78 is 6.51. The van der Waals surface area contributed by atoms with Crippen LogP contribution in [0.5, 0.6) is 0 Å². The van der Waals surface area contributed by atoms with Gasteiger partial charge in [0.05, 0.1) is 16.4 Å². The molecule has 0 saturated carbocycles. The third kappa shape index (κ3) is 3.13. The van der Waals surface area contributed by atoms with Gasteiger partial charge in [0.2, 0.25) is 5.88 Å². The van der Waals surface area contributed by atoms with Gasteiger partial charge in [0, 0.05) is 20.2 Å². The molecule has 0 aliphatic heterocycles. The molecule has 1 heterocycles. The molecule has 1 N–H and O–H groups in total. The van der Waals surface area contributed by atoms with Crippen LogP contribution in [0.2, 0.25) is 0 Å². The summed E-state index contributed by atoms with van der Waals surface area (Å²) in [7, 11) is 3.85. The summed E-state index contributed by atoms with van der Waals surface area (Å²) in [5.74, 6) is 1.46. The van der Waals surface area contributed by atoms with Gasteiger partial charge in [0.25, 0.3) is 0 Å². The zero-order valence-electron chi connectivity index (χ0n) is 10.2. The maximum absolute atomic E-state index is 5.60. The molecular weight excluding hydrogens is 294 g/mol. The van der Waals surface area contributed by atoms with Crippen molar-refractivity contribution in [2.75, 3.05) is 24.4 Å². The quantitative estimate of drug-likeness (QED) is 0.693. The zero-order valence-corrected chi connectivity index (χ0v) is 11.8. The minimum atomic E-state index is 0.689. The molecule has 18 heavy (non-hydrogen) atoms. The maximum Gasteiger partial charge on any atom is 0.210 e. The van der Waals surface area contributed by atoms with E-state index in [1.54, 1.807) is 6.21 Å². The Labute approximate surface area is 114 Å². The van der Waals surface area contributed by atoms with Crippen molar-refractivity contribution in [1.29, 1.82) is 0 Å². The van der Waals surface area contributed by atoms with Crippen LogP contribution in [0.25, 0.3) is 0 Å². The summed E-state index contributed by atoms with van der Waals surface area (Å²) in [6.45, 7) is 0. The highest BCUT2D eigenvalue weighted by atomic mass is 79.9. The van der Waals surface area contributed by atoms with Gasteiger partial charge in [0.1, 0.15) is 0 Å². The molecule has 2 rings (SSSR count). The van der Waals surface area contributed by atoms with Crippen molar-refractivity contribution in [3.8, 4) is 0 Å². The van der Waals surface area contributed by atoms with E-state index in [0.717, 1.165) is 16.0 Å². The topological polar surface area (TPSA) is 40.8 Å². The van der Waals surface area contributed by atoms with Gasteiger partial charge in [-0.25, -0.2) is 0 Å². The van der Waals surface area contributed by atoms with Crippen molar-refractivity contribution in [3.63, 3.8) is 0 Å². The molecule has 1 aromatic heterocycles. The lowest BCUT2D eigenvalue weighted by Gasteiger charge is -2.07. The predicted octanol–water partition coefficient (Wildman–Crippen LogP) is 3.55. The third-order valence-electron chi connectivity index (χ3n) is 2.25. The second-order valence-corrected chi connectivity index (χ2v) is 4.79. The Morgan fingerprint density at radius 3 is 2.61 bits per heavy atom. The summed E-state index contributed by atoms with van der Waals surface area (Å²) in [5.41, 5.74) is 3.87. The van der Waals surface area contributed by atoms with Gasteiger partial charge >= 0.3 is 0 Å². The van der Waals surface area contributed by atoms with Crippen LogP contribution >= 0.6 is 15.9 Å². The molecule has 0 aliphatic carbocycles. The first-order valence-electron chi connectivity index (χ1n) is 5.47. The number of nitrogens with one attached hydrogen (secondary N) is 1. The Kier molecular flexibility index (Phi) is 4.04. The number of rotatable bonds is 4. The van der Waals surface area contributed by atoms with E-state index in [9.17, 15) is 0 Å². The van der Waals surface area contributed by atoms with Crippen LogP contribution in [-0.2, 0) is 0 Å². The summed E-state index contributed by atoms with van der Waals surface area (Å²) in [5, 5.41) is 4.12. The number of halogens is 1. The van der Waals surface area contributed by atoms with Crippen LogP contribution in [-0.4, -0.2) is 20.3 Å². The fraction of sp³-hybridized carbons (Fsp3) is 0.154. The molecule has 0 unspecified atom stereocenters. The molecule has 0 bridgehead atoms. The van der Waals surface area contributed by atoms with E-state index in [4.69, 9.17) is 4.42 Å². The summed E-state index contributed by atoms with van der Waals surface area (Å²) in [4.78, 5) is 1.89. The number of benzene rings is 1. The van der Waals surface area contributed by atoms with Crippen LogP contribution in [0.4, 0.5) is 11.6 Å². The van der Waals surface area contributed by atoms with Gasteiger partial charge in [-0.1, -0.05) is 18.2 Å². The lowest BCUT2D eigenvalue weighted by molar-refractivity contribution is 0.557. The van der Waals surface area contributed by atoms with Gasteiger partial charge in [-0.15, -0.1) is 0 Å². The summed E-state index contributed by atoms with van der Waals surface area (Å²) in [6.07, 6.45) is 1.64. The van der Waals surface area contributed by atoms with Crippen molar-refractivity contribution in [2.45, 2.75) is 0 Å². The smallest absolute Gasteiger partial charge is 0.210 e. The Bertz CT molecular complexity index is 534. The first-order valence-corrected chi connectivity index (χ1v) is 6.27. The average Bonchev–Trinajstić information content (AvgIpc) is 2.72. The Hall–Kier alpha value is -1.75. The molecule has 0 aliphatic rings. The third-order valence-corrected chi connectivity index (χ3v) is 2.82. The SMILES string of the molecule is CN(C)c1oc(/C=N\Nc2ccccc2)cc1Br. The van der Waals surface area contributed by atoms with E-state index in [2.05, 4.69) is 26.5 Å². The number of hydrazone groups is 1. The number of nitrogens with zero attached hydrogens (tertiary/aromatic N) is 2. The second-order valence-electron chi connectivity index (χ2n) is 3.93. The highest BCUT2D eigenvalue weighted by Gasteiger charge is 2.08. The van der Waals surface area contributed by atoms with Crippen molar-refractivity contribution in [1.82, 2.24) is 0 Å². The molecule has 0 saturated heterocycles. The van der Waals surface area contributed by atoms with E-state index >= 15 is 0 Å². The number of furan rings is 1. The fourth-order valence-electron chi connectivity index (χ4n) is 1.43. The van der Waals surface area contributed by atoms with E-state index in [-0.39, 0.29) is 0 Å². The van der Waals surface area contributed by atoms with Crippen LogP contribution < -0.4 is 10.3 Å². The Morgan fingerprint density at radius 1 is 1.28 bits per heavy atom. The van der Waals surface area contributed by atoms with Gasteiger partial charge < -0.3 is 9.32 Å². The summed E-state index contributed by atoms with van der Waals surface area (Å²) >= 11 is 3.44. The monoisotopic (exact) mass is 307 g/mol. The Morgan fingerprint density at radius 2 is 2.00 bits per heavy atom. The molecule has 0 radical (unpaired) electrons. The Balaban J connectivity index is 2.03. The van der Waals surface area contributed by atoms with E-state index in [1.807, 2.05) is 55.4 Å². The zero-order chi connectivity index (χ0) is 13.0. The molecule has 94 valence electrons. The van der Waals surface area contributed by atoms with Crippen LogP contribution in [0.1, 0.15) is 5.76 Å². The molecule has 0 spiro atoms. The van der Waals surface area contributed by atoms with Crippen LogP contribution in [0.15, 0.2) is 50.4 Å². The molecule has 5 heteroatoms. The van der Waals surface area contributed by atoms with Gasteiger partial charge in [-0.05, 0) is 28.1 Å². The minimum absolute atomic E-state index is 0.689. The van der Waals surface area contributed by atoms with Crippen LogP contribution in [0, 0.1) is 0 Å².